The van der Waals surface area contributed by atoms with E-state index in [1.165, 1.54) is 0 Å². The van der Waals surface area contributed by atoms with Gasteiger partial charge in [-0.05, 0) is 13.0 Å². The molecule has 2 heterocycles. The third kappa shape index (κ3) is 5.18. The van der Waals surface area contributed by atoms with Crippen LogP contribution in [0.15, 0.2) is 17.3 Å². The number of carbonyl (C=O) groups is 1. The summed E-state index contributed by atoms with van der Waals surface area (Å²) in [6.07, 6.45) is 1.73. The second-order valence-corrected chi connectivity index (χ2v) is 4.75. The first-order valence-corrected chi connectivity index (χ1v) is 6.97. The molecule has 0 atom stereocenters. The Morgan fingerprint density at radius 2 is 2.05 bits per heavy atom. The van der Waals surface area contributed by atoms with Crippen LogP contribution in [-0.4, -0.2) is 64.6 Å². The fourth-order valence-corrected chi connectivity index (χ4v) is 2.19. The van der Waals surface area contributed by atoms with Gasteiger partial charge in [0, 0.05) is 45.8 Å². The largest absolute Gasteiger partial charge is 0.357 e. The van der Waals surface area contributed by atoms with Crippen molar-refractivity contribution in [3.05, 3.63) is 18.0 Å². The first-order chi connectivity index (χ1) is 9.70. The average Bonchev–Trinajstić information content (AvgIpc) is 2.97. The number of guanidine groups is 1. The van der Waals surface area contributed by atoms with Crippen LogP contribution in [0.4, 0.5) is 0 Å². The van der Waals surface area contributed by atoms with Gasteiger partial charge in [-0.1, -0.05) is 0 Å². The number of piperazine rings is 1. The number of hydrogen-bond donors (Lipinski definition) is 2. The molecule has 21 heavy (non-hydrogen) atoms. The summed E-state index contributed by atoms with van der Waals surface area (Å²) in [7, 11) is 0. The molecule has 0 radical (unpaired) electrons. The monoisotopic (exact) mass is 406 g/mol. The maximum Gasteiger partial charge on any atom is 0.219 e. The van der Waals surface area contributed by atoms with Crippen LogP contribution in [0.1, 0.15) is 19.5 Å². The molecule has 2 N–H and O–H groups in total. The lowest BCUT2D eigenvalue weighted by Crippen LogP contribution is -2.53. The lowest BCUT2D eigenvalue weighted by Gasteiger charge is -2.36. The topological polar surface area (TPSA) is 76.6 Å². The molecule has 0 unspecified atom stereocenters. The Kier molecular flexibility index (Phi) is 7.48. The molecular weight excluding hydrogens is 383 g/mol. The molecule has 118 valence electrons. The van der Waals surface area contributed by atoms with Gasteiger partial charge < -0.3 is 15.1 Å². The van der Waals surface area contributed by atoms with Gasteiger partial charge in [-0.2, -0.15) is 5.10 Å². The summed E-state index contributed by atoms with van der Waals surface area (Å²) in [5.74, 6) is 1.04. The van der Waals surface area contributed by atoms with E-state index in [1.54, 1.807) is 13.1 Å². The number of rotatable bonds is 3. The van der Waals surface area contributed by atoms with Gasteiger partial charge in [0.05, 0.1) is 12.2 Å². The van der Waals surface area contributed by atoms with E-state index in [4.69, 9.17) is 0 Å². The van der Waals surface area contributed by atoms with Crippen LogP contribution in [0, 0.1) is 0 Å². The number of nitrogens with zero attached hydrogens (tertiary/aromatic N) is 4. The molecule has 1 fully saturated rings. The minimum absolute atomic E-state index is 0. The highest BCUT2D eigenvalue weighted by molar-refractivity contribution is 14.0. The lowest BCUT2D eigenvalue weighted by atomic mass is 10.3. The summed E-state index contributed by atoms with van der Waals surface area (Å²) in [6.45, 7) is 8.21. The Morgan fingerprint density at radius 1 is 1.38 bits per heavy atom. The molecule has 8 heteroatoms. The molecule has 1 saturated heterocycles. The molecule has 0 saturated carbocycles. The van der Waals surface area contributed by atoms with Gasteiger partial charge >= 0.3 is 0 Å². The summed E-state index contributed by atoms with van der Waals surface area (Å²) in [6, 6.07) is 1.92. The molecule has 1 amide bonds. The van der Waals surface area contributed by atoms with Crippen molar-refractivity contribution >= 4 is 35.8 Å². The molecule has 0 bridgehead atoms. The number of hydrogen-bond acceptors (Lipinski definition) is 3. The van der Waals surface area contributed by atoms with E-state index in [1.807, 2.05) is 11.0 Å². The fourth-order valence-electron chi connectivity index (χ4n) is 2.19. The van der Waals surface area contributed by atoms with Crippen LogP contribution in [0.5, 0.6) is 0 Å². The molecule has 1 aliphatic heterocycles. The molecular formula is C13H23IN6O. The van der Waals surface area contributed by atoms with Crippen LogP contribution < -0.4 is 5.32 Å². The second kappa shape index (κ2) is 8.85. The summed E-state index contributed by atoms with van der Waals surface area (Å²) >= 11 is 0. The van der Waals surface area contributed by atoms with Crippen molar-refractivity contribution in [1.29, 1.82) is 0 Å². The van der Waals surface area contributed by atoms with E-state index >= 15 is 0 Å². The number of amides is 1. The predicted octanol–water partition coefficient (Wildman–Crippen LogP) is 0.657. The molecule has 0 spiro atoms. The van der Waals surface area contributed by atoms with Crippen molar-refractivity contribution in [2.75, 3.05) is 32.7 Å². The van der Waals surface area contributed by atoms with E-state index in [9.17, 15) is 4.79 Å². The molecule has 7 nitrogen and oxygen atoms in total. The van der Waals surface area contributed by atoms with E-state index in [0.717, 1.165) is 44.4 Å². The zero-order valence-corrected chi connectivity index (χ0v) is 14.8. The van der Waals surface area contributed by atoms with Crippen LogP contribution in [0.2, 0.25) is 0 Å². The number of H-pyrrole nitrogens is 1. The highest BCUT2D eigenvalue weighted by Crippen LogP contribution is 2.04. The molecule has 1 aromatic rings. The standard InChI is InChI=1S/C13H22N6O.HI/c1-3-14-13(15-10-12-4-5-16-17-12)19-8-6-18(7-9-19)11(2)20;/h4-5H,3,6-10H2,1-2H3,(H,14,15)(H,16,17);1H. The van der Waals surface area contributed by atoms with Crippen molar-refractivity contribution in [2.45, 2.75) is 20.4 Å². The van der Waals surface area contributed by atoms with Crippen molar-refractivity contribution in [3.63, 3.8) is 0 Å². The third-order valence-corrected chi connectivity index (χ3v) is 3.32. The van der Waals surface area contributed by atoms with Crippen molar-refractivity contribution in [3.8, 4) is 0 Å². The van der Waals surface area contributed by atoms with E-state index < -0.39 is 0 Å². The molecule has 0 aliphatic carbocycles. The molecule has 0 aromatic carbocycles. The minimum Gasteiger partial charge on any atom is -0.357 e. The number of carbonyl (C=O) groups excluding carboxylic acids is 1. The van der Waals surface area contributed by atoms with Crippen molar-refractivity contribution < 1.29 is 4.79 Å². The third-order valence-electron chi connectivity index (χ3n) is 3.32. The maximum atomic E-state index is 11.3. The van der Waals surface area contributed by atoms with Gasteiger partial charge in [-0.3, -0.25) is 9.89 Å². The zero-order valence-electron chi connectivity index (χ0n) is 12.5. The summed E-state index contributed by atoms with van der Waals surface area (Å²) in [5.41, 5.74) is 0.989. The maximum absolute atomic E-state index is 11.3. The van der Waals surface area contributed by atoms with Gasteiger partial charge in [-0.15, -0.1) is 24.0 Å². The normalized spacial score (nSPS) is 15.6. The van der Waals surface area contributed by atoms with Crippen molar-refractivity contribution in [2.24, 2.45) is 4.99 Å². The van der Waals surface area contributed by atoms with Crippen molar-refractivity contribution in [1.82, 2.24) is 25.3 Å². The SMILES string of the molecule is CCNC(=NCc1ccn[nH]1)N1CCN(C(C)=O)CC1.I. The van der Waals surface area contributed by atoms with Gasteiger partial charge in [0.25, 0.3) is 0 Å². The Bertz CT molecular complexity index is 453. The van der Waals surface area contributed by atoms with Gasteiger partial charge in [0.2, 0.25) is 5.91 Å². The lowest BCUT2D eigenvalue weighted by molar-refractivity contribution is -0.130. The first-order valence-electron chi connectivity index (χ1n) is 6.97. The van der Waals surface area contributed by atoms with Gasteiger partial charge in [0.15, 0.2) is 5.96 Å². The Hall–Kier alpha value is -1.32. The summed E-state index contributed by atoms with van der Waals surface area (Å²) < 4.78 is 0. The molecule has 1 aromatic heterocycles. The van der Waals surface area contributed by atoms with Gasteiger partial charge in [-0.25, -0.2) is 4.99 Å². The molecule has 2 rings (SSSR count). The van der Waals surface area contributed by atoms with E-state index in [0.29, 0.717) is 6.54 Å². The van der Waals surface area contributed by atoms with Crippen LogP contribution in [-0.2, 0) is 11.3 Å². The van der Waals surface area contributed by atoms with Crippen LogP contribution >= 0.6 is 24.0 Å². The number of aromatic nitrogens is 2. The van der Waals surface area contributed by atoms with E-state index in [2.05, 4.69) is 32.3 Å². The first kappa shape index (κ1) is 17.7. The number of nitrogens with one attached hydrogen (secondary N) is 2. The summed E-state index contributed by atoms with van der Waals surface area (Å²) in [4.78, 5) is 20.0. The Labute approximate surface area is 142 Å². The molecule has 1 aliphatic rings. The number of halogens is 1. The summed E-state index contributed by atoms with van der Waals surface area (Å²) in [5, 5.41) is 10.1. The Balaban J connectivity index is 0.00000220. The second-order valence-electron chi connectivity index (χ2n) is 4.75. The van der Waals surface area contributed by atoms with E-state index in [-0.39, 0.29) is 29.9 Å². The van der Waals surface area contributed by atoms with Crippen LogP contribution in [0.25, 0.3) is 0 Å². The Morgan fingerprint density at radius 3 is 2.57 bits per heavy atom. The number of aliphatic imine (C=N–C) groups is 1. The zero-order chi connectivity index (χ0) is 14.4. The highest BCUT2D eigenvalue weighted by Gasteiger charge is 2.20. The smallest absolute Gasteiger partial charge is 0.219 e. The van der Waals surface area contributed by atoms with Gasteiger partial charge in [0.1, 0.15) is 0 Å². The fraction of sp³-hybridized carbons (Fsp3) is 0.615. The highest BCUT2D eigenvalue weighted by atomic mass is 127. The minimum atomic E-state index is 0. The predicted molar refractivity (Wildman–Crippen MR) is 92.6 cm³/mol. The average molecular weight is 406 g/mol. The quantitative estimate of drug-likeness (QED) is 0.439. The number of aromatic amines is 1. The van der Waals surface area contributed by atoms with Crippen LogP contribution in [0.3, 0.4) is 0 Å².